The van der Waals surface area contributed by atoms with Crippen LogP contribution < -0.4 is 10.6 Å². The number of thiol groups is 2. The molecule has 0 aliphatic carbocycles. The van der Waals surface area contributed by atoms with Crippen molar-refractivity contribution in [3.8, 4) is 11.1 Å². The van der Waals surface area contributed by atoms with Gasteiger partial charge in [-0.15, -0.1) is 25.3 Å². The third-order valence-corrected chi connectivity index (χ3v) is 5.94. The van der Waals surface area contributed by atoms with Gasteiger partial charge in [0.05, 0.1) is 0 Å². The van der Waals surface area contributed by atoms with Gasteiger partial charge in [0.15, 0.2) is 0 Å². The van der Waals surface area contributed by atoms with Crippen LogP contribution >= 0.6 is 25.3 Å². The fourth-order valence-electron chi connectivity index (χ4n) is 3.45. The number of benzene rings is 4. The van der Waals surface area contributed by atoms with E-state index in [1.54, 1.807) is 0 Å². The summed E-state index contributed by atoms with van der Waals surface area (Å²) in [6.07, 6.45) is 0. The summed E-state index contributed by atoms with van der Waals surface area (Å²) >= 11 is 9.14. The van der Waals surface area contributed by atoms with E-state index in [-0.39, 0.29) is 0 Å². The number of rotatable bonds is 7. The molecule has 4 rings (SSSR count). The lowest BCUT2D eigenvalue weighted by atomic mass is 10.0. The van der Waals surface area contributed by atoms with Gasteiger partial charge in [-0.3, -0.25) is 0 Å². The zero-order chi connectivity index (χ0) is 20.8. The minimum Gasteiger partial charge on any atom is -0.380 e. The minimum atomic E-state index is 0.722. The molecule has 0 bridgehead atoms. The van der Waals surface area contributed by atoms with Crippen LogP contribution in [0.2, 0.25) is 0 Å². The Morgan fingerprint density at radius 3 is 1.27 bits per heavy atom. The predicted molar refractivity (Wildman–Crippen MR) is 134 cm³/mol. The van der Waals surface area contributed by atoms with Crippen LogP contribution in [0, 0.1) is 0 Å². The minimum absolute atomic E-state index is 0.722. The molecule has 4 heteroatoms. The fourth-order valence-corrected chi connectivity index (χ4v) is 3.93. The summed E-state index contributed by atoms with van der Waals surface area (Å²) in [6, 6.07) is 33.2. The average molecular weight is 429 g/mol. The van der Waals surface area contributed by atoms with Gasteiger partial charge in [-0.1, -0.05) is 72.8 Å². The predicted octanol–water partition coefficient (Wildman–Crippen LogP) is 7.16. The molecule has 0 atom stereocenters. The van der Waals surface area contributed by atoms with Crippen LogP contribution in [0.4, 0.5) is 11.4 Å². The van der Waals surface area contributed by atoms with Crippen molar-refractivity contribution in [3.05, 3.63) is 108 Å². The largest absolute Gasteiger partial charge is 0.380 e. The van der Waals surface area contributed by atoms with Crippen molar-refractivity contribution >= 4 is 36.6 Å². The molecule has 0 spiro atoms. The zero-order valence-corrected chi connectivity index (χ0v) is 18.3. The van der Waals surface area contributed by atoms with Gasteiger partial charge in [0.25, 0.3) is 0 Å². The van der Waals surface area contributed by atoms with E-state index in [9.17, 15) is 0 Å². The third-order valence-electron chi connectivity index (χ3n) is 5.07. The zero-order valence-electron chi connectivity index (χ0n) is 16.5. The summed E-state index contributed by atoms with van der Waals surface area (Å²) in [4.78, 5) is 1.99. The van der Waals surface area contributed by atoms with Crippen LogP contribution in [0.25, 0.3) is 11.1 Å². The van der Waals surface area contributed by atoms with Gasteiger partial charge in [-0.2, -0.15) is 0 Å². The maximum absolute atomic E-state index is 4.57. The second-order valence-corrected chi connectivity index (χ2v) is 8.02. The maximum Gasteiger partial charge on any atom is 0.0423 e. The summed E-state index contributed by atoms with van der Waals surface area (Å²) in [5.74, 6) is 0. The van der Waals surface area contributed by atoms with Crippen molar-refractivity contribution in [1.29, 1.82) is 0 Å². The Balaban J connectivity index is 1.59. The SMILES string of the molecule is Sc1ccccc1CNc1ccccc1-c1ccccc1NCc1ccccc1S. The van der Waals surface area contributed by atoms with E-state index in [1.807, 2.05) is 36.4 Å². The topological polar surface area (TPSA) is 24.1 Å². The van der Waals surface area contributed by atoms with Gasteiger partial charge in [0, 0.05) is 45.4 Å². The van der Waals surface area contributed by atoms with Crippen LogP contribution in [-0.2, 0) is 13.1 Å². The summed E-state index contributed by atoms with van der Waals surface area (Å²) in [7, 11) is 0. The number of para-hydroxylation sites is 2. The molecule has 0 amide bonds. The molecule has 0 saturated carbocycles. The summed E-state index contributed by atoms with van der Waals surface area (Å²) in [5, 5.41) is 7.18. The molecule has 2 N–H and O–H groups in total. The Morgan fingerprint density at radius 2 is 0.833 bits per heavy atom. The molecule has 4 aromatic carbocycles. The van der Waals surface area contributed by atoms with Crippen molar-refractivity contribution < 1.29 is 0 Å². The summed E-state index contributed by atoms with van der Waals surface area (Å²) in [5.41, 5.74) is 6.86. The molecular weight excluding hydrogens is 404 g/mol. The smallest absolute Gasteiger partial charge is 0.0423 e. The molecule has 2 nitrogen and oxygen atoms in total. The first kappa shape index (κ1) is 20.5. The highest BCUT2D eigenvalue weighted by molar-refractivity contribution is 7.80. The fraction of sp³-hybridized carbons (Fsp3) is 0.0769. The first-order valence-electron chi connectivity index (χ1n) is 9.92. The maximum atomic E-state index is 4.57. The molecule has 0 aliphatic rings. The van der Waals surface area contributed by atoms with Gasteiger partial charge < -0.3 is 10.6 Å². The number of anilines is 2. The second-order valence-electron chi connectivity index (χ2n) is 7.06. The molecule has 0 radical (unpaired) electrons. The molecular formula is C26H24N2S2. The van der Waals surface area contributed by atoms with E-state index >= 15 is 0 Å². The molecule has 150 valence electrons. The molecule has 4 aromatic rings. The number of hydrogen-bond acceptors (Lipinski definition) is 4. The van der Waals surface area contributed by atoms with Gasteiger partial charge >= 0.3 is 0 Å². The van der Waals surface area contributed by atoms with E-state index in [4.69, 9.17) is 0 Å². The van der Waals surface area contributed by atoms with E-state index in [0.717, 1.165) is 45.4 Å². The third kappa shape index (κ3) is 4.84. The highest BCUT2D eigenvalue weighted by Gasteiger charge is 2.10. The molecule has 0 aromatic heterocycles. The van der Waals surface area contributed by atoms with Crippen LogP contribution in [-0.4, -0.2) is 0 Å². The molecule has 0 heterocycles. The monoisotopic (exact) mass is 428 g/mol. The van der Waals surface area contributed by atoms with Gasteiger partial charge in [-0.05, 0) is 35.4 Å². The van der Waals surface area contributed by atoms with Crippen molar-refractivity contribution in [1.82, 2.24) is 0 Å². The molecule has 0 aliphatic heterocycles. The Labute approximate surface area is 189 Å². The van der Waals surface area contributed by atoms with Crippen molar-refractivity contribution in [2.24, 2.45) is 0 Å². The lowest BCUT2D eigenvalue weighted by molar-refractivity contribution is 1.09. The lowest BCUT2D eigenvalue weighted by Crippen LogP contribution is -2.04. The first-order chi connectivity index (χ1) is 14.7. The Morgan fingerprint density at radius 1 is 0.467 bits per heavy atom. The Hall–Kier alpha value is -2.82. The van der Waals surface area contributed by atoms with Crippen molar-refractivity contribution in [2.75, 3.05) is 10.6 Å². The van der Waals surface area contributed by atoms with Crippen molar-refractivity contribution in [3.63, 3.8) is 0 Å². The van der Waals surface area contributed by atoms with Crippen LogP contribution in [0.1, 0.15) is 11.1 Å². The van der Waals surface area contributed by atoms with Crippen molar-refractivity contribution in [2.45, 2.75) is 22.9 Å². The summed E-state index contributed by atoms with van der Waals surface area (Å²) in [6.45, 7) is 1.44. The molecule has 30 heavy (non-hydrogen) atoms. The molecule has 0 saturated heterocycles. The first-order valence-corrected chi connectivity index (χ1v) is 10.8. The Kier molecular flexibility index (Phi) is 6.67. The summed E-state index contributed by atoms with van der Waals surface area (Å²) < 4.78 is 0. The van der Waals surface area contributed by atoms with E-state index in [1.165, 1.54) is 11.1 Å². The lowest BCUT2D eigenvalue weighted by Gasteiger charge is -2.17. The Bertz CT molecular complexity index is 1050. The normalized spacial score (nSPS) is 10.6. The van der Waals surface area contributed by atoms with E-state index in [0.29, 0.717) is 0 Å². The molecule has 0 unspecified atom stereocenters. The van der Waals surface area contributed by atoms with E-state index < -0.39 is 0 Å². The number of nitrogens with one attached hydrogen (secondary N) is 2. The van der Waals surface area contributed by atoms with Crippen LogP contribution in [0.15, 0.2) is 107 Å². The van der Waals surface area contributed by atoms with Gasteiger partial charge in [0.1, 0.15) is 0 Å². The van der Waals surface area contributed by atoms with Crippen LogP contribution in [0.3, 0.4) is 0 Å². The highest BCUT2D eigenvalue weighted by Crippen LogP contribution is 2.34. The van der Waals surface area contributed by atoms with Crippen LogP contribution in [0.5, 0.6) is 0 Å². The second kappa shape index (κ2) is 9.79. The quantitative estimate of drug-likeness (QED) is 0.235. The highest BCUT2D eigenvalue weighted by atomic mass is 32.1. The standard InChI is InChI=1S/C26H24N2S2/c29-25-15-7-1-9-19(25)17-27-23-13-5-3-11-21(23)22-12-4-6-14-24(22)28-18-20-10-2-8-16-26(20)30/h1-16,27-30H,17-18H2. The average Bonchev–Trinajstić information content (AvgIpc) is 2.78. The van der Waals surface area contributed by atoms with Gasteiger partial charge in [0.2, 0.25) is 0 Å². The molecule has 0 fully saturated rings. The van der Waals surface area contributed by atoms with E-state index in [2.05, 4.69) is 96.6 Å². The van der Waals surface area contributed by atoms with Gasteiger partial charge in [-0.25, -0.2) is 0 Å². The number of hydrogen-bond donors (Lipinski definition) is 4.